The van der Waals surface area contributed by atoms with Crippen molar-refractivity contribution in [2.75, 3.05) is 6.61 Å². The molecular formula is C15H22O. The molecule has 0 aliphatic heterocycles. The van der Waals surface area contributed by atoms with E-state index in [-0.39, 0.29) is 0 Å². The molecule has 1 aliphatic carbocycles. The molecule has 1 saturated carbocycles. The number of hydrogen-bond acceptors (Lipinski definition) is 1. The maximum absolute atomic E-state index is 9.52. The number of hydrogen-bond donors (Lipinski definition) is 1. The minimum atomic E-state index is 0.346. The average Bonchev–Trinajstić information content (AvgIpc) is 2.79. The fourth-order valence-corrected chi connectivity index (χ4v) is 2.95. The SMILES string of the molecule is Cc1cccc(CC(CO)C2CCCC2)c1. The molecule has 0 spiro atoms. The van der Waals surface area contributed by atoms with E-state index in [1.54, 1.807) is 0 Å². The van der Waals surface area contributed by atoms with Gasteiger partial charge >= 0.3 is 0 Å². The Morgan fingerprint density at radius 1 is 1.31 bits per heavy atom. The van der Waals surface area contributed by atoms with Crippen LogP contribution in [0.5, 0.6) is 0 Å². The Labute approximate surface area is 98.5 Å². The monoisotopic (exact) mass is 218 g/mol. The molecule has 0 bridgehead atoms. The third-order valence-corrected chi connectivity index (χ3v) is 3.88. The Balaban J connectivity index is 2.00. The molecule has 1 aromatic carbocycles. The predicted molar refractivity (Wildman–Crippen MR) is 67.4 cm³/mol. The number of aliphatic hydroxyl groups excluding tert-OH is 1. The summed E-state index contributed by atoms with van der Waals surface area (Å²) in [4.78, 5) is 0. The Hall–Kier alpha value is -0.820. The van der Waals surface area contributed by atoms with Gasteiger partial charge in [-0.1, -0.05) is 55.5 Å². The standard InChI is InChI=1S/C15H22O/c1-12-5-4-6-13(9-12)10-15(11-16)14-7-2-3-8-14/h4-6,9,14-16H,2-3,7-8,10-11H2,1H3. The lowest BCUT2D eigenvalue weighted by atomic mass is 9.86. The second kappa shape index (κ2) is 5.49. The van der Waals surface area contributed by atoms with Crippen LogP contribution in [0.3, 0.4) is 0 Å². The Kier molecular flexibility index (Phi) is 4.00. The van der Waals surface area contributed by atoms with Crippen LogP contribution < -0.4 is 0 Å². The van der Waals surface area contributed by atoms with E-state index in [0.29, 0.717) is 12.5 Å². The van der Waals surface area contributed by atoms with Gasteiger partial charge in [-0.2, -0.15) is 0 Å². The number of aryl methyl sites for hydroxylation is 1. The number of rotatable bonds is 4. The van der Waals surface area contributed by atoms with Gasteiger partial charge in [0.1, 0.15) is 0 Å². The highest BCUT2D eigenvalue weighted by atomic mass is 16.3. The van der Waals surface area contributed by atoms with E-state index in [0.717, 1.165) is 12.3 Å². The summed E-state index contributed by atoms with van der Waals surface area (Å²) < 4.78 is 0. The van der Waals surface area contributed by atoms with Crippen LogP contribution in [0.1, 0.15) is 36.8 Å². The van der Waals surface area contributed by atoms with E-state index in [4.69, 9.17) is 0 Å². The molecule has 0 radical (unpaired) electrons. The first-order valence-electron chi connectivity index (χ1n) is 6.46. The second-order valence-corrected chi connectivity index (χ2v) is 5.18. The molecule has 1 fully saturated rings. The molecule has 0 heterocycles. The molecule has 1 N–H and O–H groups in total. The van der Waals surface area contributed by atoms with Gasteiger partial charge < -0.3 is 5.11 Å². The van der Waals surface area contributed by atoms with Gasteiger partial charge in [0.15, 0.2) is 0 Å². The lowest BCUT2D eigenvalue weighted by Gasteiger charge is -2.21. The van der Waals surface area contributed by atoms with E-state index in [2.05, 4.69) is 31.2 Å². The number of aliphatic hydroxyl groups is 1. The molecule has 16 heavy (non-hydrogen) atoms. The topological polar surface area (TPSA) is 20.2 Å². The van der Waals surface area contributed by atoms with Gasteiger partial charge in [0, 0.05) is 6.61 Å². The zero-order chi connectivity index (χ0) is 11.4. The maximum Gasteiger partial charge on any atom is 0.0465 e. The average molecular weight is 218 g/mol. The molecule has 2 rings (SSSR count). The smallest absolute Gasteiger partial charge is 0.0465 e. The summed E-state index contributed by atoms with van der Waals surface area (Å²) >= 11 is 0. The minimum Gasteiger partial charge on any atom is -0.396 e. The van der Waals surface area contributed by atoms with Gasteiger partial charge in [-0.3, -0.25) is 0 Å². The fourth-order valence-electron chi connectivity index (χ4n) is 2.95. The third-order valence-electron chi connectivity index (χ3n) is 3.88. The van der Waals surface area contributed by atoms with E-state index in [9.17, 15) is 5.11 Å². The molecule has 1 aromatic rings. The van der Waals surface area contributed by atoms with Crippen LogP contribution in [0, 0.1) is 18.8 Å². The summed E-state index contributed by atoms with van der Waals surface area (Å²) in [7, 11) is 0. The quantitative estimate of drug-likeness (QED) is 0.822. The summed E-state index contributed by atoms with van der Waals surface area (Å²) in [5.74, 6) is 1.23. The number of benzene rings is 1. The van der Waals surface area contributed by atoms with Gasteiger partial charge in [0.2, 0.25) is 0 Å². The Morgan fingerprint density at radius 3 is 2.69 bits per heavy atom. The Bertz CT molecular complexity index is 326. The molecule has 0 amide bonds. The highest BCUT2D eigenvalue weighted by molar-refractivity contribution is 5.22. The van der Waals surface area contributed by atoms with Gasteiger partial charge in [-0.05, 0) is 30.7 Å². The molecular weight excluding hydrogens is 196 g/mol. The van der Waals surface area contributed by atoms with Crippen molar-refractivity contribution in [2.45, 2.75) is 39.0 Å². The van der Waals surface area contributed by atoms with E-state index >= 15 is 0 Å². The molecule has 1 unspecified atom stereocenters. The summed E-state index contributed by atoms with van der Waals surface area (Å²) in [6.45, 7) is 2.48. The van der Waals surface area contributed by atoms with Crippen molar-refractivity contribution in [3.05, 3.63) is 35.4 Å². The van der Waals surface area contributed by atoms with Gasteiger partial charge in [-0.15, -0.1) is 0 Å². The normalized spacial score (nSPS) is 18.9. The van der Waals surface area contributed by atoms with Crippen molar-refractivity contribution < 1.29 is 5.11 Å². The van der Waals surface area contributed by atoms with E-state index in [1.165, 1.54) is 36.8 Å². The first-order valence-corrected chi connectivity index (χ1v) is 6.46. The molecule has 88 valence electrons. The summed E-state index contributed by atoms with van der Waals surface area (Å²) in [6, 6.07) is 8.68. The first kappa shape index (κ1) is 11.7. The first-order chi connectivity index (χ1) is 7.79. The van der Waals surface area contributed by atoms with Crippen LogP contribution in [0.2, 0.25) is 0 Å². The van der Waals surface area contributed by atoms with Gasteiger partial charge in [0.05, 0.1) is 0 Å². The van der Waals surface area contributed by atoms with Crippen molar-refractivity contribution in [1.29, 1.82) is 0 Å². The lowest BCUT2D eigenvalue weighted by molar-refractivity contribution is 0.175. The van der Waals surface area contributed by atoms with Crippen molar-refractivity contribution in [3.8, 4) is 0 Å². The van der Waals surface area contributed by atoms with E-state index < -0.39 is 0 Å². The molecule has 1 heteroatoms. The highest BCUT2D eigenvalue weighted by Gasteiger charge is 2.24. The minimum absolute atomic E-state index is 0.346. The van der Waals surface area contributed by atoms with Crippen molar-refractivity contribution in [2.24, 2.45) is 11.8 Å². The molecule has 1 atom stereocenters. The fraction of sp³-hybridized carbons (Fsp3) is 0.600. The third kappa shape index (κ3) is 2.85. The van der Waals surface area contributed by atoms with Crippen molar-refractivity contribution in [1.82, 2.24) is 0 Å². The maximum atomic E-state index is 9.52. The largest absolute Gasteiger partial charge is 0.396 e. The molecule has 1 aliphatic rings. The highest BCUT2D eigenvalue weighted by Crippen LogP contribution is 2.33. The zero-order valence-corrected chi connectivity index (χ0v) is 10.2. The van der Waals surface area contributed by atoms with Crippen LogP contribution in [0.4, 0.5) is 0 Å². The molecule has 0 saturated heterocycles. The van der Waals surface area contributed by atoms with Crippen LogP contribution in [0.25, 0.3) is 0 Å². The predicted octanol–water partition coefficient (Wildman–Crippen LogP) is 3.34. The van der Waals surface area contributed by atoms with Crippen LogP contribution in [-0.4, -0.2) is 11.7 Å². The summed E-state index contributed by atoms with van der Waals surface area (Å²) in [6.07, 6.45) is 6.39. The van der Waals surface area contributed by atoms with Crippen molar-refractivity contribution in [3.63, 3.8) is 0 Å². The molecule has 0 aromatic heterocycles. The summed E-state index contributed by atoms with van der Waals surface area (Å²) in [5.41, 5.74) is 2.70. The van der Waals surface area contributed by atoms with Crippen LogP contribution in [0.15, 0.2) is 24.3 Å². The zero-order valence-electron chi connectivity index (χ0n) is 10.2. The van der Waals surface area contributed by atoms with Crippen LogP contribution in [-0.2, 0) is 6.42 Å². The van der Waals surface area contributed by atoms with Crippen LogP contribution >= 0.6 is 0 Å². The van der Waals surface area contributed by atoms with Crippen molar-refractivity contribution >= 4 is 0 Å². The second-order valence-electron chi connectivity index (χ2n) is 5.18. The van der Waals surface area contributed by atoms with Gasteiger partial charge in [0.25, 0.3) is 0 Å². The lowest BCUT2D eigenvalue weighted by Crippen LogP contribution is -2.18. The Morgan fingerprint density at radius 2 is 2.06 bits per heavy atom. The summed E-state index contributed by atoms with van der Waals surface area (Å²) in [5, 5.41) is 9.52. The van der Waals surface area contributed by atoms with Gasteiger partial charge in [-0.25, -0.2) is 0 Å². The van der Waals surface area contributed by atoms with E-state index in [1.807, 2.05) is 0 Å². The molecule has 1 nitrogen and oxygen atoms in total.